The average Bonchev–Trinajstić information content (AvgIpc) is 2.23. The maximum Gasteiger partial charge on any atom is 0.0587 e. The normalized spacial score (nSPS) is 13.3. The molecule has 2 nitrogen and oxygen atoms in total. The van der Waals surface area contributed by atoms with Gasteiger partial charge in [-0.1, -0.05) is 13.8 Å². The monoisotopic (exact) mass is 247 g/mol. The zero-order valence-electron chi connectivity index (χ0n) is 11.4. The number of hydrogen-bond donors (Lipinski definition) is 1. The van der Waals surface area contributed by atoms with E-state index in [4.69, 9.17) is 4.74 Å². The first kappa shape index (κ1) is 16.3. The molecule has 0 fully saturated rings. The average molecular weight is 247 g/mol. The van der Waals surface area contributed by atoms with Gasteiger partial charge >= 0.3 is 0 Å². The Hall–Kier alpha value is 0.270. The van der Waals surface area contributed by atoms with Crippen LogP contribution in [0.2, 0.25) is 0 Å². The highest BCUT2D eigenvalue weighted by atomic mass is 32.2. The smallest absolute Gasteiger partial charge is 0.0587 e. The second-order valence-corrected chi connectivity index (χ2v) is 5.81. The lowest BCUT2D eigenvalue weighted by Crippen LogP contribution is -2.27. The third-order valence-corrected chi connectivity index (χ3v) is 3.38. The van der Waals surface area contributed by atoms with Crippen molar-refractivity contribution in [3.05, 3.63) is 0 Å². The molecule has 0 heterocycles. The Bertz CT molecular complexity index is 142. The fourth-order valence-electron chi connectivity index (χ4n) is 1.97. The van der Waals surface area contributed by atoms with Gasteiger partial charge in [-0.2, -0.15) is 11.8 Å². The predicted octanol–water partition coefficient (Wildman–Crippen LogP) is 3.03. The van der Waals surface area contributed by atoms with E-state index in [-0.39, 0.29) is 0 Å². The van der Waals surface area contributed by atoms with Crippen molar-refractivity contribution < 1.29 is 4.74 Å². The Morgan fingerprint density at radius 3 is 2.62 bits per heavy atom. The van der Waals surface area contributed by atoms with Gasteiger partial charge in [-0.3, -0.25) is 0 Å². The van der Waals surface area contributed by atoms with Crippen molar-refractivity contribution in [2.24, 2.45) is 11.8 Å². The molecule has 0 aromatic heterocycles. The highest BCUT2D eigenvalue weighted by Crippen LogP contribution is 2.17. The van der Waals surface area contributed by atoms with Crippen molar-refractivity contribution in [1.82, 2.24) is 5.32 Å². The van der Waals surface area contributed by atoms with E-state index in [9.17, 15) is 0 Å². The fourth-order valence-corrected chi connectivity index (χ4v) is 2.42. The first-order valence-electron chi connectivity index (χ1n) is 6.39. The summed E-state index contributed by atoms with van der Waals surface area (Å²) in [5, 5.41) is 3.49. The highest BCUT2D eigenvalue weighted by molar-refractivity contribution is 7.98. The molecular weight excluding hydrogens is 218 g/mol. The summed E-state index contributed by atoms with van der Waals surface area (Å²) in [7, 11) is 1.76. The summed E-state index contributed by atoms with van der Waals surface area (Å²) in [4.78, 5) is 0. The van der Waals surface area contributed by atoms with Crippen molar-refractivity contribution in [3.63, 3.8) is 0 Å². The van der Waals surface area contributed by atoms with Crippen LogP contribution in [0.25, 0.3) is 0 Å². The molecule has 0 aliphatic carbocycles. The number of hydrogen-bond acceptors (Lipinski definition) is 3. The van der Waals surface area contributed by atoms with Crippen LogP contribution in [0.5, 0.6) is 0 Å². The second kappa shape index (κ2) is 11.7. The number of methoxy groups -OCH3 is 1. The van der Waals surface area contributed by atoms with Crippen LogP contribution < -0.4 is 5.32 Å². The Balaban J connectivity index is 3.63. The van der Waals surface area contributed by atoms with Crippen LogP contribution in [0.15, 0.2) is 0 Å². The summed E-state index contributed by atoms with van der Waals surface area (Å²) < 4.78 is 5.04. The molecule has 0 aliphatic rings. The van der Waals surface area contributed by atoms with Gasteiger partial charge in [0, 0.05) is 13.7 Å². The number of thioether (sulfide) groups is 1. The van der Waals surface area contributed by atoms with Gasteiger partial charge in [-0.05, 0) is 49.7 Å². The Labute approximate surface area is 106 Å². The quantitative estimate of drug-likeness (QED) is 0.567. The van der Waals surface area contributed by atoms with E-state index in [0.717, 1.165) is 31.5 Å². The minimum atomic E-state index is 0.809. The minimum absolute atomic E-state index is 0.809. The molecule has 98 valence electrons. The lowest BCUT2D eigenvalue weighted by atomic mass is 9.93. The van der Waals surface area contributed by atoms with Crippen molar-refractivity contribution in [3.8, 4) is 0 Å². The molecule has 0 saturated carbocycles. The molecule has 0 aromatic rings. The largest absolute Gasteiger partial charge is 0.383 e. The number of ether oxygens (including phenoxy) is 1. The molecule has 1 unspecified atom stereocenters. The molecule has 0 bridgehead atoms. The van der Waals surface area contributed by atoms with Gasteiger partial charge in [0.1, 0.15) is 0 Å². The number of nitrogens with one attached hydrogen (secondary N) is 1. The van der Waals surface area contributed by atoms with Crippen LogP contribution in [0.4, 0.5) is 0 Å². The molecule has 0 aliphatic heterocycles. The Morgan fingerprint density at radius 1 is 1.31 bits per heavy atom. The van der Waals surface area contributed by atoms with Gasteiger partial charge < -0.3 is 10.1 Å². The zero-order chi connectivity index (χ0) is 12.2. The van der Waals surface area contributed by atoms with E-state index >= 15 is 0 Å². The van der Waals surface area contributed by atoms with Gasteiger partial charge in [-0.25, -0.2) is 0 Å². The van der Waals surface area contributed by atoms with Crippen LogP contribution in [0.3, 0.4) is 0 Å². The van der Waals surface area contributed by atoms with Gasteiger partial charge in [-0.15, -0.1) is 0 Å². The maximum absolute atomic E-state index is 5.04. The lowest BCUT2D eigenvalue weighted by Gasteiger charge is -2.19. The van der Waals surface area contributed by atoms with E-state index in [1.165, 1.54) is 25.0 Å². The van der Waals surface area contributed by atoms with Crippen LogP contribution in [-0.4, -0.2) is 38.8 Å². The summed E-state index contributed by atoms with van der Waals surface area (Å²) in [6.45, 7) is 7.58. The van der Waals surface area contributed by atoms with Crippen LogP contribution in [0, 0.1) is 11.8 Å². The molecule has 16 heavy (non-hydrogen) atoms. The Morgan fingerprint density at radius 2 is 2.06 bits per heavy atom. The van der Waals surface area contributed by atoms with E-state index in [1.807, 2.05) is 11.8 Å². The van der Waals surface area contributed by atoms with E-state index < -0.39 is 0 Å². The van der Waals surface area contributed by atoms with Crippen molar-refractivity contribution in [2.45, 2.75) is 33.1 Å². The van der Waals surface area contributed by atoms with Crippen molar-refractivity contribution >= 4 is 11.8 Å². The summed E-state index contributed by atoms with van der Waals surface area (Å²) in [6, 6.07) is 0. The molecule has 0 aromatic carbocycles. The molecular formula is C13H29NOS. The first-order valence-corrected chi connectivity index (χ1v) is 7.78. The molecule has 0 saturated heterocycles. The van der Waals surface area contributed by atoms with Gasteiger partial charge in [0.2, 0.25) is 0 Å². The van der Waals surface area contributed by atoms with Crippen LogP contribution in [-0.2, 0) is 4.74 Å². The molecule has 0 spiro atoms. The summed E-state index contributed by atoms with van der Waals surface area (Å²) in [6.07, 6.45) is 6.24. The minimum Gasteiger partial charge on any atom is -0.383 e. The standard InChI is InChI=1S/C13H29NOS/c1-12(2)10-13(6-5-9-16-4)11-14-7-8-15-3/h12-14H,5-11H2,1-4H3. The highest BCUT2D eigenvalue weighted by Gasteiger charge is 2.10. The third-order valence-electron chi connectivity index (χ3n) is 2.68. The van der Waals surface area contributed by atoms with E-state index in [0.29, 0.717) is 0 Å². The lowest BCUT2D eigenvalue weighted by molar-refractivity contribution is 0.196. The molecule has 1 N–H and O–H groups in total. The van der Waals surface area contributed by atoms with Crippen LogP contribution >= 0.6 is 11.8 Å². The first-order chi connectivity index (χ1) is 7.70. The summed E-state index contributed by atoms with van der Waals surface area (Å²) in [5.41, 5.74) is 0. The van der Waals surface area contributed by atoms with E-state index in [1.54, 1.807) is 7.11 Å². The fraction of sp³-hybridized carbons (Fsp3) is 1.00. The summed E-state index contributed by atoms with van der Waals surface area (Å²) in [5.74, 6) is 2.94. The van der Waals surface area contributed by atoms with Crippen LogP contribution in [0.1, 0.15) is 33.1 Å². The SMILES string of the molecule is COCCNCC(CCCSC)CC(C)C. The molecule has 0 amide bonds. The predicted molar refractivity (Wildman–Crippen MR) is 75.3 cm³/mol. The Kier molecular flexibility index (Phi) is 11.9. The van der Waals surface area contributed by atoms with Gasteiger partial charge in [0.25, 0.3) is 0 Å². The number of rotatable bonds is 11. The van der Waals surface area contributed by atoms with Crippen molar-refractivity contribution in [1.29, 1.82) is 0 Å². The molecule has 0 rings (SSSR count). The molecule has 0 radical (unpaired) electrons. The topological polar surface area (TPSA) is 21.3 Å². The van der Waals surface area contributed by atoms with Gasteiger partial charge in [0.15, 0.2) is 0 Å². The maximum atomic E-state index is 5.04. The summed E-state index contributed by atoms with van der Waals surface area (Å²) >= 11 is 1.95. The zero-order valence-corrected chi connectivity index (χ0v) is 12.2. The van der Waals surface area contributed by atoms with Gasteiger partial charge in [0.05, 0.1) is 6.61 Å². The van der Waals surface area contributed by atoms with E-state index in [2.05, 4.69) is 25.4 Å². The second-order valence-electron chi connectivity index (χ2n) is 4.83. The molecule has 1 atom stereocenters. The van der Waals surface area contributed by atoms with Crippen molar-refractivity contribution in [2.75, 3.05) is 38.8 Å². The third kappa shape index (κ3) is 10.8. The molecule has 3 heteroatoms.